The van der Waals surface area contributed by atoms with Crippen molar-refractivity contribution in [2.24, 2.45) is 11.8 Å². The molecule has 1 N–H and O–H groups in total. The van der Waals surface area contributed by atoms with Crippen LogP contribution in [0.5, 0.6) is 0 Å². The van der Waals surface area contributed by atoms with Gasteiger partial charge in [0.15, 0.2) is 0 Å². The number of amides is 2. The molecule has 8 nitrogen and oxygen atoms in total. The van der Waals surface area contributed by atoms with Crippen LogP contribution in [0.2, 0.25) is 0 Å². The smallest absolute Gasteiger partial charge is 0.313 e. The first-order valence-corrected chi connectivity index (χ1v) is 12.3. The molecule has 1 aromatic carbocycles. The number of anilines is 1. The van der Waals surface area contributed by atoms with Crippen LogP contribution in [-0.2, 0) is 23.9 Å². The molecule has 0 bridgehead atoms. The number of benzene rings is 1. The lowest BCUT2D eigenvalue weighted by molar-refractivity contribution is -0.158. The highest BCUT2D eigenvalue weighted by Crippen LogP contribution is 2.57. The van der Waals surface area contributed by atoms with Crippen molar-refractivity contribution in [2.75, 3.05) is 31.2 Å². The predicted octanol–water partition coefficient (Wildman–Crippen LogP) is 2.06. The molecule has 1 unspecified atom stereocenters. The Morgan fingerprint density at radius 1 is 1.06 bits per heavy atom. The lowest BCUT2D eigenvalue weighted by Gasteiger charge is -2.37. The molecule has 5 rings (SSSR count). The van der Waals surface area contributed by atoms with E-state index in [9.17, 15) is 19.5 Å². The molecule has 0 radical (unpaired) electrons. The highest BCUT2D eigenvalue weighted by Gasteiger charge is 2.74. The summed E-state index contributed by atoms with van der Waals surface area (Å²) in [5, 5.41) is 9.80. The molecule has 186 valence electrons. The zero-order valence-corrected chi connectivity index (χ0v) is 20.4. The van der Waals surface area contributed by atoms with Crippen LogP contribution in [0, 0.1) is 25.7 Å². The van der Waals surface area contributed by atoms with Gasteiger partial charge in [-0.15, -0.1) is 0 Å². The molecule has 5 atom stereocenters. The van der Waals surface area contributed by atoms with E-state index in [1.54, 1.807) is 17.9 Å². The summed E-state index contributed by atoms with van der Waals surface area (Å²) in [5.74, 6) is -2.99. The number of nitrogens with zero attached hydrogens (tertiary/aromatic N) is 2. The highest BCUT2D eigenvalue weighted by atomic mass is 16.6. The number of para-hydroxylation sites is 1. The van der Waals surface area contributed by atoms with E-state index in [-0.39, 0.29) is 31.6 Å². The van der Waals surface area contributed by atoms with Gasteiger partial charge in [0, 0.05) is 18.8 Å². The number of aliphatic hydroxyl groups is 1. The van der Waals surface area contributed by atoms with E-state index in [1.807, 2.05) is 50.3 Å². The molecular weight excluding hydrogens is 448 g/mol. The van der Waals surface area contributed by atoms with Crippen molar-refractivity contribution in [2.45, 2.75) is 50.9 Å². The van der Waals surface area contributed by atoms with Crippen LogP contribution < -0.4 is 4.90 Å². The number of cyclic esters (lactones) is 1. The van der Waals surface area contributed by atoms with E-state index in [0.29, 0.717) is 13.0 Å². The van der Waals surface area contributed by atoms with Crippen molar-refractivity contribution in [3.05, 3.63) is 53.6 Å². The number of aliphatic hydroxyl groups excluding tert-OH is 1. The van der Waals surface area contributed by atoms with Crippen molar-refractivity contribution >= 4 is 23.5 Å². The summed E-state index contributed by atoms with van der Waals surface area (Å²) in [6.07, 6.45) is 8.88. The maximum absolute atomic E-state index is 14.3. The van der Waals surface area contributed by atoms with Gasteiger partial charge in [0.1, 0.15) is 17.6 Å². The third-order valence-electron chi connectivity index (χ3n) is 7.80. The van der Waals surface area contributed by atoms with Gasteiger partial charge in [-0.2, -0.15) is 0 Å². The number of esters is 1. The van der Waals surface area contributed by atoms with Crippen LogP contribution in [0.1, 0.15) is 30.9 Å². The lowest BCUT2D eigenvalue weighted by Crippen LogP contribution is -2.56. The van der Waals surface area contributed by atoms with Gasteiger partial charge in [0.25, 0.3) is 5.91 Å². The van der Waals surface area contributed by atoms with Crippen LogP contribution in [-0.4, -0.2) is 71.3 Å². The van der Waals surface area contributed by atoms with Crippen molar-refractivity contribution in [3.8, 4) is 0 Å². The first-order chi connectivity index (χ1) is 16.7. The summed E-state index contributed by atoms with van der Waals surface area (Å²) >= 11 is 0. The van der Waals surface area contributed by atoms with Crippen molar-refractivity contribution in [3.63, 3.8) is 0 Å². The van der Waals surface area contributed by atoms with Crippen LogP contribution in [0.3, 0.4) is 0 Å². The first-order valence-electron chi connectivity index (χ1n) is 12.3. The molecule has 1 spiro atoms. The van der Waals surface area contributed by atoms with Gasteiger partial charge in [-0.05, 0) is 44.7 Å². The predicted molar refractivity (Wildman–Crippen MR) is 129 cm³/mol. The average Bonchev–Trinajstić information content (AvgIpc) is 3.15. The summed E-state index contributed by atoms with van der Waals surface area (Å²) in [4.78, 5) is 44.6. The van der Waals surface area contributed by atoms with Gasteiger partial charge in [-0.3, -0.25) is 14.4 Å². The molecule has 0 saturated carbocycles. The Bertz CT molecular complexity index is 1110. The molecule has 4 aliphatic rings. The molecule has 8 heteroatoms. The van der Waals surface area contributed by atoms with E-state index in [2.05, 4.69) is 0 Å². The van der Waals surface area contributed by atoms with Crippen LogP contribution >= 0.6 is 0 Å². The minimum atomic E-state index is -1.35. The number of likely N-dealkylation sites (tertiary alicyclic amines) is 1. The number of hydrogen-bond acceptors (Lipinski definition) is 6. The normalized spacial score (nSPS) is 35.4. The maximum atomic E-state index is 14.3. The largest absolute Gasteiger partial charge is 0.465 e. The Kier molecular flexibility index (Phi) is 5.84. The Morgan fingerprint density at radius 3 is 2.51 bits per heavy atom. The summed E-state index contributed by atoms with van der Waals surface area (Å²) < 4.78 is 12.3. The van der Waals surface area contributed by atoms with Crippen LogP contribution in [0.25, 0.3) is 0 Å². The van der Waals surface area contributed by atoms with E-state index in [0.717, 1.165) is 23.2 Å². The number of carbonyl (C=O) groups is 3. The van der Waals surface area contributed by atoms with E-state index in [1.165, 1.54) is 4.90 Å². The third-order valence-corrected chi connectivity index (χ3v) is 7.80. The zero-order valence-electron chi connectivity index (χ0n) is 20.4. The van der Waals surface area contributed by atoms with Crippen molar-refractivity contribution in [1.82, 2.24) is 4.90 Å². The third kappa shape index (κ3) is 3.45. The number of fused-ring (bicyclic) bond motifs is 2. The second kappa shape index (κ2) is 8.60. The number of carbonyl (C=O) groups excluding carboxylic acids is 3. The van der Waals surface area contributed by atoms with E-state index >= 15 is 0 Å². The first kappa shape index (κ1) is 23.8. The van der Waals surface area contributed by atoms with Gasteiger partial charge in [-0.1, -0.05) is 42.5 Å². The number of allylic oxidation sites excluding steroid dienone is 1. The second-order valence-electron chi connectivity index (χ2n) is 10.1. The number of ether oxygens (including phenoxy) is 2. The Morgan fingerprint density at radius 2 is 1.80 bits per heavy atom. The van der Waals surface area contributed by atoms with Crippen molar-refractivity contribution in [1.29, 1.82) is 0 Å². The molecule has 2 fully saturated rings. The van der Waals surface area contributed by atoms with Gasteiger partial charge in [0.05, 0.1) is 24.7 Å². The summed E-state index contributed by atoms with van der Waals surface area (Å²) in [6, 6.07) is 4.83. The van der Waals surface area contributed by atoms with Gasteiger partial charge < -0.3 is 24.4 Å². The van der Waals surface area contributed by atoms with E-state index in [4.69, 9.17) is 9.47 Å². The lowest BCUT2D eigenvalue weighted by atomic mass is 9.74. The second-order valence-corrected chi connectivity index (χ2v) is 10.1. The fourth-order valence-corrected chi connectivity index (χ4v) is 6.41. The minimum absolute atomic E-state index is 0.0282. The monoisotopic (exact) mass is 480 g/mol. The number of β-amino-alcohol motifs (C(OH)–C–C–N with tert-alkyl or cyclic N) is 1. The van der Waals surface area contributed by atoms with Gasteiger partial charge >= 0.3 is 5.97 Å². The molecule has 35 heavy (non-hydrogen) atoms. The molecule has 0 aromatic heterocycles. The number of aryl methyl sites for hydroxylation is 2. The van der Waals surface area contributed by atoms with Crippen molar-refractivity contribution < 1.29 is 29.0 Å². The molecule has 4 aliphatic heterocycles. The summed E-state index contributed by atoms with van der Waals surface area (Å²) in [5.41, 5.74) is 0.229. The SMILES string of the molecule is Cc1cccc(C)c1N1CC=C[C@]23O[C@]4(C)/C=C\CCCOC(=O)[C@@H]4[C@H]2C(=O)N(CCO)C3C1=O. The van der Waals surface area contributed by atoms with E-state index < -0.39 is 35.0 Å². The summed E-state index contributed by atoms with van der Waals surface area (Å²) in [7, 11) is 0. The number of rotatable bonds is 3. The molecule has 2 amide bonds. The standard InChI is InChI=1S/C27H32N2O6/c1-17-9-7-10-18(2)21(17)28-13-8-12-27-19(23(31)29(14-15-30)22(27)24(28)32)20-25(33)34-16-6-4-5-11-26(20,3)35-27/h5,7-12,19-20,22,30H,4,6,13-16H2,1-3H3/b11-5-/t19-,20-,22?,26+,27-/m0/s1. The average molecular weight is 481 g/mol. The molecular formula is C27H32N2O6. The minimum Gasteiger partial charge on any atom is -0.465 e. The van der Waals surface area contributed by atoms with Gasteiger partial charge in [-0.25, -0.2) is 0 Å². The Labute approximate surface area is 205 Å². The fourth-order valence-electron chi connectivity index (χ4n) is 6.41. The Hall–Kier alpha value is -2.97. The maximum Gasteiger partial charge on any atom is 0.313 e. The van der Waals surface area contributed by atoms with Crippen LogP contribution in [0.4, 0.5) is 5.69 Å². The quantitative estimate of drug-likeness (QED) is 0.526. The summed E-state index contributed by atoms with van der Waals surface area (Å²) in [6.45, 7) is 5.93. The Balaban J connectivity index is 1.67. The highest BCUT2D eigenvalue weighted by molar-refractivity contribution is 6.06. The fraction of sp³-hybridized carbons (Fsp3) is 0.519. The molecule has 0 aliphatic carbocycles. The molecule has 4 heterocycles. The topological polar surface area (TPSA) is 96.4 Å². The van der Waals surface area contributed by atoms with Gasteiger partial charge in [0.2, 0.25) is 5.91 Å². The number of hydrogen-bond donors (Lipinski definition) is 1. The zero-order chi connectivity index (χ0) is 25.0. The molecule has 1 aromatic rings. The van der Waals surface area contributed by atoms with Crippen LogP contribution in [0.15, 0.2) is 42.5 Å². The molecule has 2 saturated heterocycles.